The topological polar surface area (TPSA) is 103 Å². The van der Waals surface area contributed by atoms with Crippen molar-refractivity contribution in [1.29, 1.82) is 0 Å². The van der Waals surface area contributed by atoms with E-state index >= 15 is 0 Å². The predicted molar refractivity (Wildman–Crippen MR) is 128 cm³/mol. The third-order valence-electron chi connectivity index (χ3n) is 5.53. The van der Waals surface area contributed by atoms with Gasteiger partial charge in [-0.2, -0.15) is 17.5 Å². The number of pyridine rings is 1. The van der Waals surface area contributed by atoms with Gasteiger partial charge in [-0.1, -0.05) is 17.7 Å². The highest BCUT2D eigenvalue weighted by molar-refractivity contribution is 7.89. The summed E-state index contributed by atoms with van der Waals surface area (Å²) in [7, 11) is -3.88. The Bertz CT molecular complexity index is 1380. The number of alkyl halides is 3. The number of aromatic nitrogens is 1. The molecule has 0 bridgehead atoms. The molecule has 1 amide bonds. The first-order valence-electron chi connectivity index (χ1n) is 10.6. The summed E-state index contributed by atoms with van der Waals surface area (Å²) >= 11 is 5.76. The smallest absolute Gasteiger partial charge is 0.416 e. The van der Waals surface area contributed by atoms with Gasteiger partial charge in [0.1, 0.15) is 16.7 Å². The molecular weight excluding hydrogens is 521 g/mol. The highest BCUT2D eigenvalue weighted by atomic mass is 35.5. The number of rotatable bonds is 5. The van der Waals surface area contributed by atoms with E-state index in [0.717, 1.165) is 12.1 Å². The Hall–Kier alpha value is -3.35. The van der Waals surface area contributed by atoms with Crippen LogP contribution in [0.4, 0.5) is 24.7 Å². The number of halogens is 4. The van der Waals surface area contributed by atoms with Crippen molar-refractivity contribution in [2.75, 3.05) is 36.4 Å². The first-order chi connectivity index (χ1) is 16.9. The number of anilines is 2. The van der Waals surface area contributed by atoms with Gasteiger partial charge >= 0.3 is 6.18 Å². The molecule has 4 rings (SSSR count). The maximum absolute atomic E-state index is 13.1. The maximum Gasteiger partial charge on any atom is 0.416 e. The van der Waals surface area contributed by atoms with Crippen molar-refractivity contribution in [3.05, 3.63) is 76.9 Å². The lowest BCUT2D eigenvalue weighted by atomic mass is 10.2. The molecule has 8 nitrogen and oxygen atoms in total. The molecule has 1 aromatic heterocycles. The molecule has 2 aromatic carbocycles. The fraction of sp³-hybridized carbons (Fsp3) is 0.217. The summed E-state index contributed by atoms with van der Waals surface area (Å²) in [5.41, 5.74) is -0.329. The van der Waals surface area contributed by atoms with E-state index in [2.05, 4.69) is 10.3 Å². The SMILES string of the molecule is O=C(Nc1ccc(S(=O)(=O)N2CCN(c3cc(C(F)(F)F)cc(Cl)n3)CC2)cc1)c1cccc(O)c1. The van der Waals surface area contributed by atoms with Crippen LogP contribution in [0.3, 0.4) is 0 Å². The fourth-order valence-electron chi connectivity index (χ4n) is 3.68. The molecule has 0 aliphatic carbocycles. The number of phenolic OH excluding ortho intramolecular Hbond substituents is 1. The zero-order valence-electron chi connectivity index (χ0n) is 18.5. The number of carbonyl (C=O) groups excluding carboxylic acids is 1. The Morgan fingerprint density at radius 2 is 1.67 bits per heavy atom. The molecule has 190 valence electrons. The van der Waals surface area contributed by atoms with E-state index in [9.17, 15) is 31.5 Å². The van der Waals surface area contributed by atoms with Gasteiger partial charge in [0.15, 0.2) is 0 Å². The van der Waals surface area contributed by atoms with Crippen molar-refractivity contribution in [3.8, 4) is 5.75 Å². The van der Waals surface area contributed by atoms with Crippen molar-refractivity contribution in [2.45, 2.75) is 11.1 Å². The molecule has 0 radical (unpaired) electrons. The van der Waals surface area contributed by atoms with Crippen LogP contribution in [0.2, 0.25) is 5.15 Å². The van der Waals surface area contributed by atoms with Crippen LogP contribution in [0.25, 0.3) is 0 Å². The summed E-state index contributed by atoms with van der Waals surface area (Å²) in [5, 5.41) is 11.8. The number of hydrogen-bond acceptors (Lipinski definition) is 6. The highest BCUT2D eigenvalue weighted by Gasteiger charge is 2.33. The van der Waals surface area contributed by atoms with Crippen molar-refractivity contribution >= 4 is 39.0 Å². The highest BCUT2D eigenvalue weighted by Crippen LogP contribution is 2.33. The zero-order chi connectivity index (χ0) is 26.1. The van der Waals surface area contributed by atoms with Gasteiger partial charge in [-0.05, 0) is 54.6 Å². The van der Waals surface area contributed by atoms with E-state index in [1.54, 1.807) is 4.90 Å². The van der Waals surface area contributed by atoms with E-state index in [4.69, 9.17) is 11.6 Å². The summed E-state index contributed by atoms with van der Waals surface area (Å²) in [6.45, 7) is 0.325. The summed E-state index contributed by atoms with van der Waals surface area (Å²) in [5.74, 6) is -0.504. The molecule has 36 heavy (non-hydrogen) atoms. The lowest BCUT2D eigenvalue weighted by Crippen LogP contribution is -2.49. The average molecular weight is 541 g/mol. The van der Waals surface area contributed by atoms with Crippen LogP contribution < -0.4 is 10.2 Å². The molecule has 1 fully saturated rings. The van der Waals surface area contributed by atoms with Gasteiger partial charge in [0, 0.05) is 37.4 Å². The summed E-state index contributed by atoms with van der Waals surface area (Å²) < 4.78 is 66.7. The van der Waals surface area contributed by atoms with Crippen LogP contribution in [-0.4, -0.2) is 54.9 Å². The molecule has 1 aliphatic heterocycles. The number of hydrogen-bond donors (Lipinski definition) is 2. The van der Waals surface area contributed by atoms with Crippen LogP contribution in [-0.2, 0) is 16.2 Å². The number of carbonyl (C=O) groups is 1. The molecule has 1 saturated heterocycles. The summed E-state index contributed by atoms with van der Waals surface area (Å²) in [4.78, 5) is 17.8. The molecule has 0 unspecified atom stereocenters. The second kappa shape index (κ2) is 9.96. The van der Waals surface area contributed by atoms with Gasteiger partial charge in [-0.15, -0.1) is 0 Å². The van der Waals surface area contributed by atoms with Crippen LogP contribution in [0, 0.1) is 0 Å². The number of nitrogens with one attached hydrogen (secondary N) is 1. The molecule has 1 aliphatic rings. The van der Waals surface area contributed by atoms with E-state index in [1.165, 1.54) is 52.8 Å². The predicted octanol–water partition coefficient (Wildman–Crippen LogP) is 4.22. The number of sulfonamides is 1. The van der Waals surface area contributed by atoms with Crippen LogP contribution >= 0.6 is 11.6 Å². The quantitative estimate of drug-likeness (QED) is 0.470. The van der Waals surface area contributed by atoms with E-state index in [1.807, 2.05) is 0 Å². The van der Waals surface area contributed by atoms with Crippen molar-refractivity contribution in [1.82, 2.24) is 9.29 Å². The van der Waals surface area contributed by atoms with E-state index < -0.39 is 27.7 Å². The van der Waals surface area contributed by atoms with Crippen LogP contribution in [0.15, 0.2) is 65.6 Å². The molecule has 0 saturated carbocycles. The van der Waals surface area contributed by atoms with Gasteiger partial charge in [0.25, 0.3) is 5.91 Å². The third-order valence-corrected chi connectivity index (χ3v) is 7.64. The first-order valence-corrected chi connectivity index (χ1v) is 12.5. The molecule has 2 heterocycles. The molecule has 0 spiro atoms. The molecule has 13 heteroatoms. The van der Waals surface area contributed by atoms with E-state index in [-0.39, 0.29) is 53.4 Å². The van der Waals surface area contributed by atoms with Gasteiger partial charge in [0.05, 0.1) is 10.5 Å². The lowest BCUT2D eigenvalue weighted by Gasteiger charge is -2.35. The minimum Gasteiger partial charge on any atom is -0.508 e. The normalized spacial score (nSPS) is 15.1. The van der Waals surface area contributed by atoms with E-state index in [0.29, 0.717) is 5.69 Å². The molecular formula is C23H20ClF3N4O4S. The molecule has 0 atom stereocenters. The van der Waals surface area contributed by atoms with Gasteiger partial charge in [0.2, 0.25) is 10.0 Å². The standard InChI is InChI=1S/C23H20ClF3N4O4S/c24-20-13-16(23(25,26)27)14-21(29-20)30-8-10-31(11-9-30)36(34,35)19-6-4-17(5-7-19)28-22(33)15-2-1-3-18(32)12-15/h1-7,12-14,32H,8-11H2,(H,28,33). The molecule has 2 N–H and O–H groups in total. The second-order valence-corrected chi connectivity index (χ2v) is 10.3. The summed E-state index contributed by atoms with van der Waals surface area (Å²) in [6, 6.07) is 13.0. The maximum atomic E-state index is 13.1. The first kappa shape index (κ1) is 25.7. The minimum atomic E-state index is -4.58. The monoisotopic (exact) mass is 540 g/mol. The Morgan fingerprint density at radius 3 is 2.28 bits per heavy atom. The third kappa shape index (κ3) is 5.72. The Labute approximate surface area is 210 Å². The van der Waals surface area contributed by atoms with Gasteiger partial charge in [-0.3, -0.25) is 4.79 Å². The van der Waals surface area contributed by atoms with Crippen molar-refractivity contribution in [3.63, 3.8) is 0 Å². The van der Waals surface area contributed by atoms with Crippen LogP contribution in [0.1, 0.15) is 15.9 Å². The Kier molecular flexibility index (Phi) is 7.12. The number of aromatic hydroxyl groups is 1. The number of amides is 1. The lowest BCUT2D eigenvalue weighted by molar-refractivity contribution is -0.137. The minimum absolute atomic E-state index is 0.00606. The van der Waals surface area contributed by atoms with Gasteiger partial charge in [-0.25, -0.2) is 13.4 Å². The number of nitrogens with zero attached hydrogens (tertiary/aromatic N) is 3. The second-order valence-electron chi connectivity index (χ2n) is 7.95. The van der Waals surface area contributed by atoms with Crippen molar-refractivity contribution < 1.29 is 31.5 Å². The fourth-order valence-corrected chi connectivity index (χ4v) is 5.30. The Balaban J connectivity index is 1.42. The summed E-state index contributed by atoms with van der Waals surface area (Å²) in [6.07, 6.45) is -4.58. The van der Waals surface area contributed by atoms with Crippen LogP contribution in [0.5, 0.6) is 5.75 Å². The Morgan fingerprint density at radius 1 is 1.00 bits per heavy atom. The van der Waals surface area contributed by atoms with Gasteiger partial charge < -0.3 is 15.3 Å². The van der Waals surface area contributed by atoms with Crippen molar-refractivity contribution in [2.24, 2.45) is 0 Å². The molecule has 3 aromatic rings. The number of phenols is 1. The largest absolute Gasteiger partial charge is 0.508 e. The number of benzene rings is 2. The average Bonchev–Trinajstić information content (AvgIpc) is 2.83. The number of piperazine rings is 1. The zero-order valence-corrected chi connectivity index (χ0v) is 20.1.